The van der Waals surface area contributed by atoms with Crippen LogP contribution in [0, 0.1) is 12.8 Å². The third kappa shape index (κ3) is 1.96. The van der Waals surface area contributed by atoms with Gasteiger partial charge in [0.05, 0.1) is 12.2 Å². The zero-order chi connectivity index (χ0) is 11.8. The summed E-state index contributed by atoms with van der Waals surface area (Å²) in [6.07, 6.45) is 8.42. The molecule has 2 fully saturated rings. The minimum Gasteiger partial charge on any atom is -0.340 e. The molecule has 17 heavy (non-hydrogen) atoms. The summed E-state index contributed by atoms with van der Waals surface area (Å²) >= 11 is 0. The van der Waals surface area contributed by atoms with Gasteiger partial charge in [-0.1, -0.05) is 6.42 Å². The van der Waals surface area contributed by atoms with Crippen molar-refractivity contribution in [2.45, 2.75) is 38.6 Å². The maximum absolute atomic E-state index is 12.1. The Labute approximate surface area is 102 Å². The van der Waals surface area contributed by atoms with Gasteiger partial charge in [-0.15, -0.1) is 0 Å². The third-order valence-corrected chi connectivity index (χ3v) is 4.03. The molecule has 4 heteroatoms. The van der Waals surface area contributed by atoms with Crippen molar-refractivity contribution in [2.24, 2.45) is 5.92 Å². The van der Waals surface area contributed by atoms with Crippen molar-refractivity contribution < 1.29 is 4.79 Å². The quantitative estimate of drug-likeness (QED) is 0.780. The molecule has 0 N–H and O–H groups in total. The second-order valence-corrected chi connectivity index (χ2v) is 5.35. The molecule has 0 spiro atoms. The summed E-state index contributed by atoms with van der Waals surface area (Å²) in [5, 5.41) is 4.35. The zero-order valence-corrected chi connectivity index (χ0v) is 10.3. The Balaban J connectivity index is 1.63. The van der Waals surface area contributed by atoms with E-state index in [0.717, 1.165) is 32.4 Å². The highest BCUT2D eigenvalue weighted by Gasteiger charge is 2.34. The summed E-state index contributed by atoms with van der Waals surface area (Å²) in [4.78, 5) is 14.1. The molecule has 92 valence electrons. The van der Waals surface area contributed by atoms with E-state index in [0.29, 0.717) is 17.9 Å². The molecule has 4 nitrogen and oxygen atoms in total. The lowest BCUT2D eigenvalue weighted by Gasteiger charge is -2.29. The number of aryl methyl sites for hydroxylation is 1. The molecule has 0 bridgehead atoms. The third-order valence-electron chi connectivity index (χ3n) is 4.03. The Morgan fingerprint density at radius 1 is 1.41 bits per heavy atom. The largest absolute Gasteiger partial charge is 0.340 e. The van der Waals surface area contributed by atoms with E-state index in [9.17, 15) is 4.79 Å². The van der Waals surface area contributed by atoms with Crippen LogP contribution in [0.2, 0.25) is 0 Å². The minimum absolute atomic E-state index is 0.327. The standard InChI is InChI=1S/C13H19N3O/c1-10-7-14-16(8-10)12-5-6-15(9-12)13(17)11-3-2-4-11/h7-8,11-12H,2-6,9H2,1H3. The van der Waals surface area contributed by atoms with E-state index in [-0.39, 0.29) is 0 Å². The highest BCUT2D eigenvalue weighted by atomic mass is 16.2. The molecule has 2 heterocycles. The minimum atomic E-state index is 0.327. The summed E-state index contributed by atoms with van der Waals surface area (Å²) in [6.45, 7) is 3.80. The molecule has 0 aromatic carbocycles. The molecule has 1 amide bonds. The van der Waals surface area contributed by atoms with Crippen molar-refractivity contribution in [3.63, 3.8) is 0 Å². The van der Waals surface area contributed by atoms with Crippen LogP contribution in [-0.4, -0.2) is 33.7 Å². The normalized spacial score (nSPS) is 25.0. The molecule has 1 atom stereocenters. The molecule has 1 saturated carbocycles. The zero-order valence-electron chi connectivity index (χ0n) is 10.3. The second kappa shape index (κ2) is 4.17. The summed E-state index contributed by atoms with van der Waals surface area (Å²) in [7, 11) is 0. The average Bonchev–Trinajstić information content (AvgIpc) is 2.82. The first-order chi connectivity index (χ1) is 8.24. The summed E-state index contributed by atoms with van der Waals surface area (Å²) in [6, 6.07) is 0.382. The Bertz CT molecular complexity index is 422. The predicted octanol–water partition coefficient (Wildman–Crippen LogP) is 1.77. The van der Waals surface area contributed by atoms with E-state index in [2.05, 4.69) is 18.2 Å². The van der Waals surface area contributed by atoms with E-state index in [4.69, 9.17) is 0 Å². The van der Waals surface area contributed by atoms with Crippen LogP contribution in [0.3, 0.4) is 0 Å². The molecular weight excluding hydrogens is 214 g/mol. The SMILES string of the molecule is Cc1cnn(C2CCN(C(=O)C3CCC3)C2)c1. The molecular formula is C13H19N3O. The van der Waals surface area contributed by atoms with Crippen LogP contribution in [0.15, 0.2) is 12.4 Å². The molecule has 1 aliphatic heterocycles. The molecule has 1 aromatic heterocycles. The number of amides is 1. The number of likely N-dealkylation sites (tertiary alicyclic amines) is 1. The maximum atomic E-state index is 12.1. The molecule has 0 radical (unpaired) electrons. The van der Waals surface area contributed by atoms with Gasteiger partial charge in [0.1, 0.15) is 0 Å². The van der Waals surface area contributed by atoms with Crippen LogP contribution in [0.1, 0.15) is 37.3 Å². The number of hydrogen-bond acceptors (Lipinski definition) is 2. The van der Waals surface area contributed by atoms with Crippen molar-refractivity contribution in [3.8, 4) is 0 Å². The lowest BCUT2D eigenvalue weighted by atomic mass is 9.84. The Morgan fingerprint density at radius 3 is 2.82 bits per heavy atom. The number of aromatic nitrogens is 2. The van der Waals surface area contributed by atoms with Crippen LogP contribution < -0.4 is 0 Å². The van der Waals surface area contributed by atoms with Gasteiger partial charge >= 0.3 is 0 Å². The number of carbonyl (C=O) groups is 1. The van der Waals surface area contributed by atoms with E-state index >= 15 is 0 Å². The molecule has 3 rings (SSSR count). The van der Waals surface area contributed by atoms with Gasteiger partial charge in [0.25, 0.3) is 0 Å². The maximum Gasteiger partial charge on any atom is 0.225 e. The lowest BCUT2D eigenvalue weighted by molar-refractivity contribution is -0.137. The van der Waals surface area contributed by atoms with Crippen LogP contribution >= 0.6 is 0 Å². The lowest BCUT2D eigenvalue weighted by Crippen LogP contribution is -2.37. The van der Waals surface area contributed by atoms with Crippen LogP contribution in [-0.2, 0) is 4.79 Å². The van der Waals surface area contributed by atoms with Gasteiger partial charge in [-0.05, 0) is 31.7 Å². The summed E-state index contributed by atoms with van der Waals surface area (Å²) < 4.78 is 2.02. The van der Waals surface area contributed by atoms with Gasteiger partial charge in [-0.25, -0.2) is 0 Å². The Morgan fingerprint density at radius 2 is 2.24 bits per heavy atom. The molecule has 1 aromatic rings. The first kappa shape index (κ1) is 10.8. The highest BCUT2D eigenvalue weighted by molar-refractivity contribution is 5.79. The van der Waals surface area contributed by atoms with E-state index in [1.165, 1.54) is 12.0 Å². The number of hydrogen-bond donors (Lipinski definition) is 0. The fourth-order valence-electron chi connectivity index (χ4n) is 2.70. The molecule has 2 aliphatic rings. The van der Waals surface area contributed by atoms with E-state index in [1.807, 2.05) is 15.8 Å². The number of nitrogens with zero attached hydrogens (tertiary/aromatic N) is 3. The van der Waals surface area contributed by atoms with Crippen molar-refractivity contribution in [2.75, 3.05) is 13.1 Å². The fraction of sp³-hybridized carbons (Fsp3) is 0.692. The smallest absolute Gasteiger partial charge is 0.225 e. The van der Waals surface area contributed by atoms with Gasteiger partial charge in [-0.2, -0.15) is 5.10 Å². The number of rotatable bonds is 2. The Hall–Kier alpha value is -1.32. The van der Waals surface area contributed by atoms with Gasteiger partial charge in [0.15, 0.2) is 0 Å². The van der Waals surface area contributed by atoms with Gasteiger partial charge in [-0.3, -0.25) is 9.48 Å². The van der Waals surface area contributed by atoms with Crippen LogP contribution in [0.4, 0.5) is 0 Å². The first-order valence-electron chi connectivity index (χ1n) is 6.53. The van der Waals surface area contributed by atoms with Crippen molar-refractivity contribution in [1.82, 2.24) is 14.7 Å². The van der Waals surface area contributed by atoms with Crippen LogP contribution in [0.25, 0.3) is 0 Å². The van der Waals surface area contributed by atoms with E-state index < -0.39 is 0 Å². The average molecular weight is 233 g/mol. The van der Waals surface area contributed by atoms with Gasteiger partial charge < -0.3 is 4.90 Å². The summed E-state index contributed by atoms with van der Waals surface area (Å²) in [5.74, 6) is 0.704. The summed E-state index contributed by atoms with van der Waals surface area (Å²) in [5.41, 5.74) is 1.19. The Kier molecular flexibility index (Phi) is 2.65. The second-order valence-electron chi connectivity index (χ2n) is 5.35. The van der Waals surface area contributed by atoms with Crippen molar-refractivity contribution in [3.05, 3.63) is 18.0 Å². The fourth-order valence-corrected chi connectivity index (χ4v) is 2.70. The van der Waals surface area contributed by atoms with E-state index in [1.54, 1.807) is 0 Å². The topological polar surface area (TPSA) is 38.1 Å². The molecule has 1 saturated heterocycles. The van der Waals surface area contributed by atoms with Gasteiger partial charge in [0, 0.05) is 25.2 Å². The first-order valence-corrected chi connectivity index (χ1v) is 6.53. The van der Waals surface area contributed by atoms with Gasteiger partial charge in [0.2, 0.25) is 5.91 Å². The molecule has 1 aliphatic carbocycles. The highest BCUT2D eigenvalue weighted by Crippen LogP contribution is 2.31. The van der Waals surface area contributed by atoms with Crippen LogP contribution in [0.5, 0.6) is 0 Å². The van der Waals surface area contributed by atoms with Crippen molar-refractivity contribution in [1.29, 1.82) is 0 Å². The van der Waals surface area contributed by atoms with Crippen molar-refractivity contribution >= 4 is 5.91 Å². The monoisotopic (exact) mass is 233 g/mol. The predicted molar refractivity (Wildman–Crippen MR) is 64.5 cm³/mol. The molecule has 1 unspecified atom stereocenters. The number of carbonyl (C=O) groups excluding carboxylic acids is 1.